The summed E-state index contributed by atoms with van der Waals surface area (Å²) in [4.78, 5) is 8.01. The van der Waals surface area contributed by atoms with Crippen molar-refractivity contribution in [2.24, 2.45) is 0 Å². The first-order valence-electron chi connectivity index (χ1n) is 8.89. The molecule has 0 radical (unpaired) electrons. The van der Waals surface area contributed by atoms with Crippen LogP contribution in [0.4, 0.5) is 4.39 Å². The van der Waals surface area contributed by atoms with E-state index in [0.29, 0.717) is 16.3 Å². The van der Waals surface area contributed by atoms with Crippen LogP contribution >= 0.6 is 11.6 Å². The normalized spacial score (nSPS) is 10.8. The van der Waals surface area contributed by atoms with Gasteiger partial charge in [-0.2, -0.15) is 0 Å². The highest BCUT2D eigenvalue weighted by molar-refractivity contribution is 6.30. The average molecular weight is 393 g/mol. The van der Waals surface area contributed by atoms with Crippen LogP contribution in [-0.4, -0.2) is 9.97 Å². The van der Waals surface area contributed by atoms with Crippen LogP contribution in [0.5, 0.6) is 5.75 Å². The third-order valence-electron chi connectivity index (χ3n) is 4.50. The minimum Gasteiger partial charge on any atom is -0.489 e. The quantitative estimate of drug-likeness (QED) is 0.425. The van der Waals surface area contributed by atoms with Gasteiger partial charge in [-0.3, -0.25) is 0 Å². The Balaban J connectivity index is 1.50. The number of aromatic nitrogens is 2. The summed E-state index contributed by atoms with van der Waals surface area (Å²) >= 11 is 5.97. The third-order valence-corrected chi connectivity index (χ3v) is 4.75. The van der Waals surface area contributed by atoms with Crippen molar-refractivity contribution < 1.29 is 9.13 Å². The molecule has 140 valence electrons. The van der Waals surface area contributed by atoms with E-state index in [1.807, 2.05) is 55.5 Å². The molecule has 0 aliphatic rings. The molecule has 0 saturated carbocycles. The topological polar surface area (TPSA) is 37.9 Å². The molecular weight excluding hydrogens is 375 g/mol. The van der Waals surface area contributed by atoms with Crippen LogP contribution in [0.15, 0.2) is 72.8 Å². The highest BCUT2D eigenvalue weighted by Crippen LogP contribution is 2.27. The molecule has 5 heteroatoms. The van der Waals surface area contributed by atoms with E-state index in [0.717, 1.165) is 28.3 Å². The fraction of sp³-hybridized carbons (Fsp3) is 0.0870. The molecule has 0 unspecified atom stereocenters. The Morgan fingerprint density at radius 1 is 0.929 bits per heavy atom. The van der Waals surface area contributed by atoms with Gasteiger partial charge in [-0.1, -0.05) is 41.9 Å². The van der Waals surface area contributed by atoms with E-state index >= 15 is 0 Å². The molecular formula is C23H18ClFN2O. The standard InChI is InChI=1S/C23H18ClFN2O/c1-15-22(16-6-10-19(24)11-7-16)27-23(26-15)17-8-12-20(13-9-17)28-14-18-4-2-3-5-21(18)25/h2-13H,14H2,1H3,(H,26,27). The van der Waals surface area contributed by atoms with E-state index in [2.05, 4.69) is 9.97 Å². The molecule has 4 aromatic rings. The van der Waals surface area contributed by atoms with Gasteiger partial charge in [0.05, 0.1) is 11.4 Å². The van der Waals surface area contributed by atoms with Gasteiger partial charge in [0.1, 0.15) is 24.0 Å². The first-order chi connectivity index (χ1) is 13.6. The number of ether oxygens (including phenoxy) is 1. The molecule has 0 bridgehead atoms. The molecule has 1 heterocycles. The predicted octanol–water partition coefficient (Wildman–Crippen LogP) is 6.42. The lowest BCUT2D eigenvalue weighted by Crippen LogP contribution is -1.98. The minimum absolute atomic E-state index is 0.187. The van der Waals surface area contributed by atoms with Crippen LogP contribution in [0.1, 0.15) is 11.3 Å². The lowest BCUT2D eigenvalue weighted by Gasteiger charge is -2.07. The van der Waals surface area contributed by atoms with Crippen LogP contribution in [-0.2, 0) is 6.61 Å². The Kier molecular flexibility index (Phi) is 5.13. The molecule has 0 saturated heterocycles. The minimum atomic E-state index is -0.264. The van der Waals surface area contributed by atoms with Crippen LogP contribution in [0, 0.1) is 12.7 Å². The van der Waals surface area contributed by atoms with Gasteiger partial charge in [-0.25, -0.2) is 9.37 Å². The fourth-order valence-corrected chi connectivity index (χ4v) is 3.11. The number of aromatic amines is 1. The number of hydrogen-bond donors (Lipinski definition) is 1. The zero-order valence-electron chi connectivity index (χ0n) is 15.2. The van der Waals surface area contributed by atoms with Crippen molar-refractivity contribution in [3.05, 3.63) is 94.9 Å². The number of hydrogen-bond acceptors (Lipinski definition) is 2. The van der Waals surface area contributed by atoms with E-state index in [1.54, 1.807) is 18.2 Å². The molecule has 28 heavy (non-hydrogen) atoms. The van der Waals surface area contributed by atoms with Gasteiger partial charge in [0.15, 0.2) is 0 Å². The van der Waals surface area contributed by atoms with Gasteiger partial charge < -0.3 is 9.72 Å². The molecule has 1 aromatic heterocycles. The molecule has 3 aromatic carbocycles. The maximum atomic E-state index is 13.7. The van der Waals surface area contributed by atoms with Gasteiger partial charge in [-0.05, 0) is 55.0 Å². The van der Waals surface area contributed by atoms with E-state index < -0.39 is 0 Å². The summed E-state index contributed by atoms with van der Waals surface area (Å²) in [6.45, 7) is 2.16. The Labute approximate surface area is 167 Å². The predicted molar refractivity (Wildman–Crippen MR) is 110 cm³/mol. The van der Waals surface area contributed by atoms with Gasteiger partial charge in [0.25, 0.3) is 0 Å². The summed E-state index contributed by atoms with van der Waals surface area (Å²) in [5.74, 6) is 1.19. The van der Waals surface area contributed by atoms with Crippen molar-refractivity contribution in [3.63, 3.8) is 0 Å². The number of nitrogens with one attached hydrogen (secondary N) is 1. The van der Waals surface area contributed by atoms with Crippen LogP contribution in [0.3, 0.4) is 0 Å². The first kappa shape index (κ1) is 18.3. The number of benzene rings is 3. The summed E-state index contributed by atoms with van der Waals surface area (Å²) in [6, 6.07) is 21.8. The molecule has 3 nitrogen and oxygen atoms in total. The molecule has 0 aliphatic heterocycles. The summed E-state index contributed by atoms with van der Waals surface area (Å²) in [5, 5.41) is 0.701. The van der Waals surface area contributed by atoms with Gasteiger partial charge >= 0.3 is 0 Å². The Morgan fingerprint density at radius 3 is 2.32 bits per heavy atom. The fourth-order valence-electron chi connectivity index (χ4n) is 2.98. The zero-order chi connectivity index (χ0) is 19.5. The van der Waals surface area contributed by atoms with E-state index in [1.165, 1.54) is 6.07 Å². The molecule has 0 spiro atoms. The van der Waals surface area contributed by atoms with Gasteiger partial charge in [0.2, 0.25) is 0 Å². The Hall–Kier alpha value is -3.11. The van der Waals surface area contributed by atoms with Crippen molar-refractivity contribution in [1.29, 1.82) is 0 Å². The SMILES string of the molecule is Cc1nc(-c2ccc(OCc3ccccc3F)cc2)[nH]c1-c1ccc(Cl)cc1. The molecule has 1 N–H and O–H groups in total. The summed E-state index contributed by atoms with van der Waals surface area (Å²) in [6.07, 6.45) is 0. The second-order valence-corrected chi connectivity index (χ2v) is 6.89. The maximum absolute atomic E-state index is 13.7. The zero-order valence-corrected chi connectivity index (χ0v) is 16.0. The summed E-state index contributed by atoms with van der Waals surface area (Å²) < 4.78 is 19.4. The third kappa shape index (κ3) is 3.92. The molecule has 0 aliphatic carbocycles. The van der Waals surface area contributed by atoms with Crippen LogP contribution < -0.4 is 4.74 Å². The number of halogens is 2. The number of aryl methyl sites for hydroxylation is 1. The number of rotatable bonds is 5. The number of H-pyrrole nitrogens is 1. The molecule has 4 rings (SSSR count). The highest BCUT2D eigenvalue weighted by Gasteiger charge is 2.10. The molecule has 0 fully saturated rings. The Morgan fingerprint density at radius 2 is 1.61 bits per heavy atom. The van der Waals surface area contributed by atoms with E-state index in [-0.39, 0.29) is 12.4 Å². The van der Waals surface area contributed by atoms with Crippen molar-refractivity contribution in [1.82, 2.24) is 9.97 Å². The second kappa shape index (κ2) is 7.87. The van der Waals surface area contributed by atoms with E-state index in [9.17, 15) is 4.39 Å². The van der Waals surface area contributed by atoms with Crippen molar-refractivity contribution in [2.75, 3.05) is 0 Å². The van der Waals surface area contributed by atoms with Crippen molar-refractivity contribution in [3.8, 4) is 28.4 Å². The van der Waals surface area contributed by atoms with Gasteiger partial charge in [0, 0.05) is 16.1 Å². The van der Waals surface area contributed by atoms with Crippen LogP contribution in [0.2, 0.25) is 5.02 Å². The smallest absolute Gasteiger partial charge is 0.138 e. The summed E-state index contributed by atoms with van der Waals surface area (Å²) in [7, 11) is 0. The average Bonchev–Trinajstić information content (AvgIpc) is 3.10. The molecule has 0 amide bonds. The monoisotopic (exact) mass is 392 g/mol. The first-order valence-corrected chi connectivity index (χ1v) is 9.27. The van der Waals surface area contributed by atoms with Gasteiger partial charge in [-0.15, -0.1) is 0 Å². The maximum Gasteiger partial charge on any atom is 0.138 e. The second-order valence-electron chi connectivity index (χ2n) is 6.46. The van der Waals surface area contributed by atoms with Crippen LogP contribution in [0.25, 0.3) is 22.6 Å². The van der Waals surface area contributed by atoms with Crippen molar-refractivity contribution in [2.45, 2.75) is 13.5 Å². The number of imidazole rings is 1. The lowest BCUT2D eigenvalue weighted by molar-refractivity contribution is 0.300. The Bertz CT molecular complexity index is 1090. The number of nitrogens with zero attached hydrogens (tertiary/aromatic N) is 1. The molecule has 0 atom stereocenters. The summed E-state index contributed by atoms with van der Waals surface area (Å²) in [5.41, 5.74) is 4.39. The van der Waals surface area contributed by atoms with Crippen molar-refractivity contribution >= 4 is 11.6 Å². The highest BCUT2D eigenvalue weighted by atomic mass is 35.5. The lowest BCUT2D eigenvalue weighted by atomic mass is 10.1. The largest absolute Gasteiger partial charge is 0.489 e. The van der Waals surface area contributed by atoms with E-state index in [4.69, 9.17) is 16.3 Å².